The van der Waals surface area contributed by atoms with Crippen molar-refractivity contribution in [2.75, 3.05) is 5.32 Å². The second kappa shape index (κ2) is 7.42. The van der Waals surface area contributed by atoms with Gasteiger partial charge < -0.3 is 5.32 Å². The Hall–Kier alpha value is -2.89. The molecule has 0 aliphatic heterocycles. The number of benzene rings is 1. The van der Waals surface area contributed by atoms with Crippen molar-refractivity contribution in [2.24, 2.45) is 11.3 Å². The molecule has 1 N–H and O–H groups in total. The largest absolute Gasteiger partial charge is 0.310 e. The molecule has 5 rings (SSSR count). The number of nitrogens with zero attached hydrogens (tertiary/aromatic N) is 2. The summed E-state index contributed by atoms with van der Waals surface area (Å²) in [4.78, 5) is 21.1. The molecular weight excluding hydrogens is 384 g/mol. The van der Waals surface area contributed by atoms with Crippen LogP contribution >= 0.6 is 0 Å². The Morgan fingerprint density at radius 2 is 1.73 bits per heavy atom. The van der Waals surface area contributed by atoms with E-state index in [1.807, 2.05) is 6.07 Å². The summed E-state index contributed by atoms with van der Waals surface area (Å²) in [6.07, 6.45) is 8.76. The molecule has 1 atom stereocenters. The van der Waals surface area contributed by atoms with Crippen LogP contribution in [0.15, 0.2) is 48.8 Å². The van der Waals surface area contributed by atoms with Crippen LogP contribution in [0.3, 0.4) is 0 Å². The molecule has 0 radical (unpaired) electrons. The summed E-state index contributed by atoms with van der Waals surface area (Å²) in [5.74, 6) is 0.0321. The number of rotatable bonds is 3. The fraction of sp³-hybridized carbons (Fsp3) is 0.375. The van der Waals surface area contributed by atoms with Crippen LogP contribution in [-0.2, 0) is 4.79 Å². The van der Waals surface area contributed by atoms with Gasteiger partial charge in [0.2, 0.25) is 5.91 Å². The number of carbonyl (C=O) groups excluding carboxylic acids is 1. The molecule has 6 heteroatoms. The molecule has 2 aromatic heterocycles. The quantitative estimate of drug-likeness (QED) is 0.615. The maximum atomic E-state index is 13.8. The fourth-order valence-corrected chi connectivity index (χ4v) is 5.37. The van der Waals surface area contributed by atoms with Crippen LogP contribution in [0.5, 0.6) is 0 Å². The minimum Gasteiger partial charge on any atom is -0.310 e. The lowest BCUT2D eigenvalue weighted by Crippen LogP contribution is -2.48. The highest BCUT2D eigenvalue weighted by Crippen LogP contribution is 2.58. The predicted octanol–water partition coefficient (Wildman–Crippen LogP) is 5.60. The van der Waals surface area contributed by atoms with E-state index in [9.17, 15) is 13.6 Å². The van der Waals surface area contributed by atoms with Gasteiger partial charge in [0.25, 0.3) is 0 Å². The zero-order valence-electron chi connectivity index (χ0n) is 16.6. The summed E-state index contributed by atoms with van der Waals surface area (Å²) in [5.41, 5.74) is 2.02. The number of nitrogens with one attached hydrogen (secondary N) is 1. The van der Waals surface area contributed by atoms with Crippen molar-refractivity contribution in [3.63, 3.8) is 0 Å². The number of hydrogen-bond acceptors (Lipinski definition) is 3. The van der Waals surface area contributed by atoms with E-state index >= 15 is 0 Å². The van der Waals surface area contributed by atoms with E-state index in [4.69, 9.17) is 0 Å². The lowest BCUT2D eigenvalue weighted by atomic mass is 9.52. The molecule has 154 valence electrons. The van der Waals surface area contributed by atoms with E-state index in [-0.39, 0.29) is 23.1 Å². The molecule has 3 aromatic rings. The Labute approximate surface area is 173 Å². The van der Waals surface area contributed by atoms with Crippen molar-refractivity contribution in [2.45, 2.75) is 44.4 Å². The van der Waals surface area contributed by atoms with Gasteiger partial charge >= 0.3 is 0 Å². The Kier molecular flexibility index (Phi) is 4.72. The van der Waals surface area contributed by atoms with Crippen LogP contribution < -0.4 is 5.32 Å². The number of aromatic nitrogens is 2. The molecule has 0 saturated heterocycles. The smallest absolute Gasteiger partial charge is 0.229 e. The van der Waals surface area contributed by atoms with E-state index < -0.39 is 5.82 Å². The molecule has 0 unspecified atom stereocenters. The molecular formula is C24H23F2N3O. The Morgan fingerprint density at radius 1 is 0.967 bits per heavy atom. The number of carbonyl (C=O) groups is 1. The molecule has 2 heterocycles. The van der Waals surface area contributed by atoms with Crippen molar-refractivity contribution in [3.05, 3.63) is 66.0 Å². The van der Waals surface area contributed by atoms with Crippen LogP contribution in [0.1, 0.15) is 50.0 Å². The molecule has 2 fully saturated rings. The molecule has 2 saturated carbocycles. The minimum absolute atomic E-state index is 0.0183. The highest BCUT2D eigenvalue weighted by molar-refractivity contribution is 5.93. The number of anilines is 1. The number of fused-ring (bicyclic) bond motifs is 1. The van der Waals surface area contributed by atoms with Gasteiger partial charge in [-0.1, -0.05) is 0 Å². The zero-order chi connectivity index (χ0) is 20.7. The van der Waals surface area contributed by atoms with E-state index in [0.29, 0.717) is 11.7 Å². The average molecular weight is 407 g/mol. The first-order valence-electron chi connectivity index (χ1n) is 10.5. The second-order valence-electron chi connectivity index (χ2n) is 8.64. The summed E-state index contributed by atoms with van der Waals surface area (Å²) in [6.45, 7) is 0. The van der Waals surface area contributed by atoms with E-state index in [1.54, 1.807) is 18.3 Å². The van der Waals surface area contributed by atoms with Gasteiger partial charge in [-0.25, -0.2) is 13.8 Å². The van der Waals surface area contributed by atoms with Gasteiger partial charge in [0.05, 0.1) is 11.7 Å². The lowest BCUT2D eigenvalue weighted by molar-refractivity contribution is -0.133. The molecule has 2 aliphatic rings. The summed E-state index contributed by atoms with van der Waals surface area (Å²) < 4.78 is 26.9. The number of amides is 1. The summed E-state index contributed by atoms with van der Waals surface area (Å²) in [5, 5.41) is 3.74. The van der Waals surface area contributed by atoms with E-state index in [0.717, 1.165) is 61.2 Å². The van der Waals surface area contributed by atoms with Gasteiger partial charge in [-0.2, -0.15) is 0 Å². The Morgan fingerprint density at radius 3 is 2.43 bits per heavy atom. The van der Waals surface area contributed by atoms with Gasteiger partial charge in [-0.15, -0.1) is 0 Å². The molecule has 4 nitrogen and oxygen atoms in total. The van der Waals surface area contributed by atoms with Gasteiger partial charge in [0.15, 0.2) is 0 Å². The van der Waals surface area contributed by atoms with Crippen molar-refractivity contribution >= 4 is 22.6 Å². The van der Waals surface area contributed by atoms with E-state index in [2.05, 4.69) is 15.3 Å². The zero-order valence-corrected chi connectivity index (χ0v) is 16.6. The van der Waals surface area contributed by atoms with Crippen LogP contribution in [-0.4, -0.2) is 15.9 Å². The highest BCUT2D eigenvalue weighted by Gasteiger charge is 2.51. The van der Waals surface area contributed by atoms with E-state index in [1.165, 1.54) is 18.2 Å². The van der Waals surface area contributed by atoms with Gasteiger partial charge in [-0.05, 0) is 91.8 Å². The molecule has 30 heavy (non-hydrogen) atoms. The standard InChI is InChI=1S/C24H23F2N3O/c25-16-1-3-21-19(13-16)18(8-12-27-21)15-5-9-24(10-6-15)11-7-20(24)23(30)29-22-4-2-17(26)14-28-22/h1-4,8,12-15,20H,5-7,9-11H2,(H,28,29,30)/t15-,20-,24+/m1/s1. The normalized spacial score (nSPS) is 25.8. The molecule has 1 spiro atoms. The molecule has 2 aliphatic carbocycles. The first-order chi connectivity index (χ1) is 14.5. The van der Waals surface area contributed by atoms with Gasteiger partial charge in [0.1, 0.15) is 17.5 Å². The Bertz CT molecular complexity index is 1090. The van der Waals surface area contributed by atoms with Gasteiger partial charge in [0, 0.05) is 17.5 Å². The SMILES string of the molecule is O=C(Nc1ccc(F)cn1)[C@H]1CC[C@]12CC[C@H](c1ccnc3ccc(F)cc31)CC2. The topological polar surface area (TPSA) is 54.9 Å². The lowest BCUT2D eigenvalue weighted by Gasteiger charge is -2.52. The van der Waals surface area contributed by atoms with Crippen molar-refractivity contribution < 1.29 is 13.6 Å². The first kappa shape index (κ1) is 19.1. The van der Waals surface area contributed by atoms with Crippen LogP contribution in [0.4, 0.5) is 14.6 Å². The summed E-state index contributed by atoms with van der Waals surface area (Å²) in [6, 6.07) is 9.55. The maximum Gasteiger partial charge on any atom is 0.229 e. The molecule has 1 amide bonds. The third-order valence-corrected chi connectivity index (χ3v) is 7.12. The molecule has 1 aromatic carbocycles. The monoisotopic (exact) mass is 407 g/mol. The Balaban J connectivity index is 1.29. The summed E-state index contributed by atoms with van der Waals surface area (Å²) in [7, 11) is 0. The third-order valence-electron chi connectivity index (χ3n) is 7.12. The highest BCUT2D eigenvalue weighted by atomic mass is 19.1. The number of halogens is 2. The average Bonchev–Trinajstić information content (AvgIpc) is 2.74. The van der Waals surface area contributed by atoms with Crippen LogP contribution in [0.25, 0.3) is 10.9 Å². The van der Waals surface area contributed by atoms with Crippen molar-refractivity contribution in [1.82, 2.24) is 9.97 Å². The van der Waals surface area contributed by atoms with Crippen LogP contribution in [0.2, 0.25) is 0 Å². The van der Waals surface area contributed by atoms with Crippen molar-refractivity contribution in [1.29, 1.82) is 0 Å². The molecule has 0 bridgehead atoms. The van der Waals surface area contributed by atoms with Gasteiger partial charge in [-0.3, -0.25) is 9.78 Å². The number of hydrogen-bond donors (Lipinski definition) is 1. The number of pyridine rings is 2. The third kappa shape index (κ3) is 3.34. The second-order valence-corrected chi connectivity index (χ2v) is 8.64. The van der Waals surface area contributed by atoms with Crippen LogP contribution in [0, 0.1) is 23.0 Å². The predicted molar refractivity (Wildman–Crippen MR) is 111 cm³/mol. The fourth-order valence-electron chi connectivity index (χ4n) is 5.37. The first-order valence-corrected chi connectivity index (χ1v) is 10.5. The minimum atomic E-state index is -0.421. The summed E-state index contributed by atoms with van der Waals surface area (Å²) >= 11 is 0. The maximum absolute atomic E-state index is 13.8. The van der Waals surface area contributed by atoms with Crippen molar-refractivity contribution in [3.8, 4) is 0 Å².